The van der Waals surface area contributed by atoms with Crippen molar-refractivity contribution in [3.63, 3.8) is 0 Å². The highest BCUT2D eigenvalue weighted by Gasteiger charge is 2.25. The van der Waals surface area contributed by atoms with Crippen molar-refractivity contribution in [3.8, 4) is 0 Å². The minimum atomic E-state index is -0.301. The number of fused-ring (bicyclic) bond motifs is 1. The van der Waals surface area contributed by atoms with Crippen LogP contribution in [0, 0.1) is 0 Å². The Hall–Kier alpha value is -3.61. The zero-order chi connectivity index (χ0) is 18.6. The molecule has 136 valence electrons. The van der Waals surface area contributed by atoms with Crippen molar-refractivity contribution in [1.29, 1.82) is 0 Å². The minimum absolute atomic E-state index is 0.185. The van der Waals surface area contributed by atoms with Crippen molar-refractivity contribution in [2.45, 2.75) is 12.6 Å². The lowest BCUT2D eigenvalue weighted by atomic mass is 10.1. The Bertz CT molecular complexity index is 1030. The van der Waals surface area contributed by atoms with Crippen molar-refractivity contribution < 1.29 is 4.79 Å². The molecule has 1 aromatic carbocycles. The quantitative estimate of drug-likeness (QED) is 0.574. The van der Waals surface area contributed by atoms with Crippen molar-refractivity contribution in [2.75, 3.05) is 7.05 Å². The second-order valence-electron chi connectivity index (χ2n) is 6.26. The highest BCUT2D eigenvalue weighted by molar-refractivity contribution is 5.75. The summed E-state index contributed by atoms with van der Waals surface area (Å²) in [5.74, 6) is 0.717. The molecule has 0 aliphatic carbocycles. The second kappa shape index (κ2) is 7.33. The first kappa shape index (κ1) is 16.8. The maximum atomic E-state index is 12.8. The summed E-state index contributed by atoms with van der Waals surface area (Å²) >= 11 is 0. The summed E-state index contributed by atoms with van der Waals surface area (Å²) < 4.78 is 1.79. The van der Waals surface area contributed by atoms with Gasteiger partial charge in [0.1, 0.15) is 11.9 Å². The first-order valence-corrected chi connectivity index (χ1v) is 8.70. The lowest BCUT2D eigenvalue weighted by Gasteiger charge is -2.27. The number of rotatable bonds is 5. The summed E-state index contributed by atoms with van der Waals surface area (Å²) in [6, 6.07) is 15.2. The number of hydrogen-bond acceptors (Lipinski definition) is 3. The van der Waals surface area contributed by atoms with E-state index < -0.39 is 0 Å². The van der Waals surface area contributed by atoms with Gasteiger partial charge in [0, 0.05) is 37.7 Å². The van der Waals surface area contributed by atoms with E-state index in [0.29, 0.717) is 6.54 Å². The monoisotopic (exact) mass is 360 g/mol. The average Bonchev–Trinajstić information content (AvgIpc) is 3.37. The van der Waals surface area contributed by atoms with Gasteiger partial charge in [-0.3, -0.25) is 0 Å². The van der Waals surface area contributed by atoms with E-state index in [1.165, 1.54) is 0 Å². The normalized spacial score (nSPS) is 12.0. The molecular formula is C20H20N6O. The maximum Gasteiger partial charge on any atom is 0.318 e. The van der Waals surface area contributed by atoms with Crippen molar-refractivity contribution in [2.24, 2.45) is 0 Å². The number of urea groups is 1. The number of pyridine rings is 1. The number of nitrogens with one attached hydrogen (secondary N) is 2. The number of nitrogens with zero attached hydrogens (tertiary/aromatic N) is 4. The summed E-state index contributed by atoms with van der Waals surface area (Å²) in [7, 11) is 1.77. The van der Waals surface area contributed by atoms with Gasteiger partial charge in [0.2, 0.25) is 0 Å². The van der Waals surface area contributed by atoms with Gasteiger partial charge in [-0.05, 0) is 17.7 Å². The molecule has 0 radical (unpaired) electrons. The van der Waals surface area contributed by atoms with Crippen LogP contribution in [0.2, 0.25) is 0 Å². The molecular weight excluding hydrogens is 340 g/mol. The predicted octanol–water partition coefficient (Wildman–Crippen LogP) is 2.99. The van der Waals surface area contributed by atoms with Gasteiger partial charge in [0.15, 0.2) is 0 Å². The molecule has 0 saturated heterocycles. The molecule has 0 bridgehead atoms. The Kier molecular flexibility index (Phi) is 4.57. The van der Waals surface area contributed by atoms with Gasteiger partial charge in [0.25, 0.3) is 0 Å². The Balaban J connectivity index is 1.53. The van der Waals surface area contributed by atoms with E-state index in [1.807, 2.05) is 54.7 Å². The molecule has 2 N–H and O–H groups in total. The Morgan fingerprint density at radius 1 is 1.22 bits per heavy atom. The van der Waals surface area contributed by atoms with Crippen LogP contribution in [0.4, 0.5) is 4.79 Å². The standard InChI is InChI=1S/C20H20N6O/c1-25(18(19-21-10-11-22-19)15-7-3-2-4-8-15)20(27)23-13-16-14-24-26-12-6-5-9-17(16)26/h2-12,14,18H,13H2,1H3,(H,21,22)(H,23,27). The number of hydrogen-bond donors (Lipinski definition) is 2. The fraction of sp³-hybridized carbons (Fsp3) is 0.150. The summed E-state index contributed by atoms with van der Waals surface area (Å²) in [5.41, 5.74) is 2.93. The third-order valence-electron chi connectivity index (χ3n) is 4.54. The van der Waals surface area contributed by atoms with Crippen LogP contribution in [-0.2, 0) is 6.54 Å². The van der Waals surface area contributed by atoms with Crippen molar-refractivity contribution in [3.05, 3.63) is 90.3 Å². The fourth-order valence-electron chi connectivity index (χ4n) is 3.16. The molecule has 0 aliphatic heterocycles. The Morgan fingerprint density at radius 2 is 2.04 bits per heavy atom. The number of imidazole rings is 1. The SMILES string of the molecule is CN(C(=O)NCc1cnn2ccccc12)C(c1ccccc1)c1ncc[nH]1. The maximum absolute atomic E-state index is 12.8. The van der Waals surface area contributed by atoms with E-state index >= 15 is 0 Å². The van der Waals surface area contributed by atoms with Gasteiger partial charge < -0.3 is 15.2 Å². The molecule has 7 nitrogen and oxygen atoms in total. The highest BCUT2D eigenvalue weighted by atomic mass is 16.2. The first-order valence-electron chi connectivity index (χ1n) is 8.70. The summed E-state index contributed by atoms with van der Waals surface area (Å²) in [5, 5.41) is 7.28. The predicted molar refractivity (Wildman–Crippen MR) is 102 cm³/mol. The van der Waals surface area contributed by atoms with Gasteiger partial charge >= 0.3 is 6.03 Å². The van der Waals surface area contributed by atoms with Gasteiger partial charge in [-0.25, -0.2) is 14.3 Å². The molecule has 3 heterocycles. The molecule has 0 fully saturated rings. The molecule has 0 aliphatic rings. The lowest BCUT2D eigenvalue weighted by molar-refractivity contribution is 0.196. The number of carbonyl (C=O) groups is 1. The van der Waals surface area contributed by atoms with E-state index in [-0.39, 0.29) is 12.1 Å². The van der Waals surface area contributed by atoms with E-state index in [2.05, 4.69) is 20.4 Å². The molecule has 7 heteroatoms. The first-order chi connectivity index (χ1) is 13.2. The number of amides is 2. The van der Waals surface area contributed by atoms with E-state index in [0.717, 1.165) is 22.5 Å². The zero-order valence-corrected chi connectivity index (χ0v) is 14.9. The molecule has 2 amide bonds. The van der Waals surface area contributed by atoms with Crippen LogP contribution in [0.25, 0.3) is 5.52 Å². The lowest BCUT2D eigenvalue weighted by Crippen LogP contribution is -2.40. The highest BCUT2D eigenvalue weighted by Crippen LogP contribution is 2.25. The molecule has 3 aromatic heterocycles. The third kappa shape index (κ3) is 3.39. The van der Waals surface area contributed by atoms with Crippen LogP contribution < -0.4 is 5.32 Å². The molecule has 1 atom stereocenters. The number of carbonyl (C=O) groups excluding carboxylic acids is 1. The summed E-state index contributed by atoms with van der Waals surface area (Å²) in [4.78, 5) is 22.0. The number of benzene rings is 1. The topological polar surface area (TPSA) is 78.3 Å². The summed E-state index contributed by atoms with van der Waals surface area (Å²) in [6.07, 6.45) is 7.11. The molecule has 4 rings (SSSR count). The van der Waals surface area contributed by atoms with Crippen LogP contribution >= 0.6 is 0 Å². The zero-order valence-electron chi connectivity index (χ0n) is 14.9. The van der Waals surface area contributed by atoms with Crippen molar-refractivity contribution in [1.82, 2.24) is 29.8 Å². The Morgan fingerprint density at radius 3 is 2.81 bits per heavy atom. The van der Waals surface area contributed by atoms with Gasteiger partial charge in [0.05, 0.1) is 11.7 Å². The van der Waals surface area contributed by atoms with Crippen molar-refractivity contribution >= 4 is 11.5 Å². The minimum Gasteiger partial charge on any atom is -0.347 e. The van der Waals surface area contributed by atoms with Gasteiger partial charge in [-0.1, -0.05) is 36.4 Å². The number of aromatic amines is 1. The number of aromatic nitrogens is 4. The molecule has 0 saturated carbocycles. The van der Waals surface area contributed by atoms with Gasteiger partial charge in [-0.15, -0.1) is 0 Å². The van der Waals surface area contributed by atoms with Crippen LogP contribution in [0.1, 0.15) is 23.0 Å². The van der Waals surface area contributed by atoms with E-state index in [4.69, 9.17) is 0 Å². The van der Waals surface area contributed by atoms with Crippen LogP contribution in [0.15, 0.2) is 73.3 Å². The molecule has 27 heavy (non-hydrogen) atoms. The van der Waals surface area contributed by atoms with Gasteiger partial charge in [-0.2, -0.15) is 5.10 Å². The Labute approximate surface area is 156 Å². The molecule has 0 spiro atoms. The second-order valence-corrected chi connectivity index (χ2v) is 6.26. The van der Waals surface area contributed by atoms with E-state index in [9.17, 15) is 4.79 Å². The van der Waals surface area contributed by atoms with Crippen LogP contribution in [0.3, 0.4) is 0 Å². The smallest absolute Gasteiger partial charge is 0.318 e. The van der Waals surface area contributed by atoms with Crippen LogP contribution in [0.5, 0.6) is 0 Å². The third-order valence-corrected chi connectivity index (χ3v) is 4.54. The molecule has 4 aromatic rings. The summed E-state index contributed by atoms with van der Waals surface area (Å²) in [6.45, 7) is 0.399. The fourth-order valence-corrected chi connectivity index (χ4v) is 3.16. The van der Waals surface area contributed by atoms with Crippen LogP contribution in [-0.4, -0.2) is 37.6 Å². The largest absolute Gasteiger partial charge is 0.347 e. The molecule has 1 unspecified atom stereocenters. The van der Waals surface area contributed by atoms with E-state index in [1.54, 1.807) is 35.1 Å². The average molecular weight is 360 g/mol. The number of H-pyrrole nitrogens is 1.